The third-order valence-corrected chi connectivity index (χ3v) is 4.05. The molecule has 1 aliphatic heterocycles. The lowest BCUT2D eigenvalue weighted by Crippen LogP contribution is -2.24. The minimum absolute atomic E-state index is 0.0217. The van der Waals surface area contributed by atoms with Crippen molar-refractivity contribution >= 4 is 29.4 Å². The average molecular weight is 360 g/mol. The minimum Gasteiger partial charge on any atom is -0.488 e. The summed E-state index contributed by atoms with van der Waals surface area (Å²) in [5.74, 6) is -0.907. The Kier molecular flexibility index (Phi) is 4.72. The molecule has 0 spiro atoms. The lowest BCUT2D eigenvalue weighted by molar-refractivity contribution is 0.0450. The first-order chi connectivity index (χ1) is 12.0. The third kappa shape index (κ3) is 3.34. The summed E-state index contributed by atoms with van der Waals surface area (Å²) >= 11 is 5.96. The molecular weight excluding hydrogens is 346 g/mol. The maximum absolute atomic E-state index is 12.1. The molecule has 0 saturated heterocycles. The van der Waals surface area contributed by atoms with Crippen LogP contribution in [-0.4, -0.2) is 42.9 Å². The highest BCUT2D eigenvalue weighted by Gasteiger charge is 2.33. The van der Waals surface area contributed by atoms with Gasteiger partial charge in [-0.05, 0) is 30.3 Å². The Morgan fingerprint density at radius 1 is 1.04 bits per heavy atom. The molecule has 0 aromatic heterocycles. The number of ether oxygens (including phenoxy) is 2. The molecule has 2 amide bonds. The highest BCUT2D eigenvalue weighted by atomic mass is 35.5. The van der Waals surface area contributed by atoms with Crippen molar-refractivity contribution in [2.24, 2.45) is 0 Å². The van der Waals surface area contributed by atoms with Gasteiger partial charge >= 0.3 is 5.97 Å². The highest BCUT2D eigenvalue weighted by Crippen LogP contribution is 2.24. The van der Waals surface area contributed by atoms with Crippen LogP contribution in [0.5, 0.6) is 5.75 Å². The molecule has 25 heavy (non-hydrogen) atoms. The van der Waals surface area contributed by atoms with Gasteiger partial charge in [0.15, 0.2) is 0 Å². The van der Waals surface area contributed by atoms with Crippen molar-refractivity contribution in [2.45, 2.75) is 0 Å². The molecule has 0 fully saturated rings. The summed E-state index contributed by atoms with van der Waals surface area (Å²) in [6, 6.07) is 11.3. The molecule has 2 aromatic carbocycles. The molecule has 0 N–H and O–H groups in total. The van der Waals surface area contributed by atoms with Gasteiger partial charge in [-0.15, -0.1) is 0 Å². The molecule has 0 unspecified atom stereocenters. The number of para-hydroxylation sites is 1. The molecule has 0 bridgehead atoms. The van der Waals surface area contributed by atoms with E-state index in [0.29, 0.717) is 10.8 Å². The van der Waals surface area contributed by atoms with Crippen LogP contribution in [0.25, 0.3) is 0 Å². The largest absolute Gasteiger partial charge is 0.488 e. The fourth-order valence-electron chi connectivity index (χ4n) is 2.42. The molecule has 1 heterocycles. The van der Waals surface area contributed by atoms with Gasteiger partial charge < -0.3 is 9.47 Å². The van der Waals surface area contributed by atoms with Crippen LogP contribution in [0.4, 0.5) is 0 Å². The van der Waals surface area contributed by atoms with E-state index in [4.69, 9.17) is 21.1 Å². The van der Waals surface area contributed by atoms with Crippen LogP contribution in [0.1, 0.15) is 31.1 Å². The van der Waals surface area contributed by atoms with Crippen molar-refractivity contribution < 1.29 is 23.9 Å². The number of hydrogen-bond donors (Lipinski definition) is 0. The van der Waals surface area contributed by atoms with Crippen molar-refractivity contribution in [1.29, 1.82) is 0 Å². The zero-order valence-corrected chi connectivity index (χ0v) is 14.1. The van der Waals surface area contributed by atoms with Crippen molar-refractivity contribution in [2.75, 3.05) is 20.3 Å². The second kappa shape index (κ2) is 6.94. The molecule has 0 atom stereocenters. The number of nitrogens with zero attached hydrogens (tertiary/aromatic N) is 1. The number of carbonyl (C=O) groups excluding carboxylic acids is 3. The van der Waals surface area contributed by atoms with Crippen molar-refractivity contribution in [3.63, 3.8) is 0 Å². The quantitative estimate of drug-likeness (QED) is 0.466. The predicted molar refractivity (Wildman–Crippen MR) is 90.1 cm³/mol. The number of fused-ring (bicyclic) bond motifs is 1. The fraction of sp³-hybridized carbons (Fsp3) is 0.167. The Balaban J connectivity index is 1.59. The molecule has 1 aliphatic rings. The van der Waals surface area contributed by atoms with Gasteiger partial charge in [-0.2, -0.15) is 0 Å². The Hall–Kier alpha value is -2.86. The van der Waals surface area contributed by atoms with E-state index in [0.717, 1.165) is 4.90 Å². The molecule has 3 rings (SSSR count). The lowest BCUT2D eigenvalue weighted by Gasteiger charge is -2.09. The fourth-order valence-corrected chi connectivity index (χ4v) is 2.61. The van der Waals surface area contributed by atoms with Crippen LogP contribution in [0.2, 0.25) is 5.02 Å². The second-order valence-corrected chi connectivity index (χ2v) is 5.75. The SMILES string of the molecule is CN1C(=O)c2ccc(C(=O)OCCOc3ccccc3Cl)cc2C1=O. The molecule has 6 nitrogen and oxygen atoms in total. The monoisotopic (exact) mass is 359 g/mol. The number of esters is 1. The summed E-state index contributed by atoms with van der Waals surface area (Å²) in [6.07, 6.45) is 0. The number of halogens is 1. The van der Waals surface area contributed by atoms with E-state index in [1.165, 1.54) is 25.2 Å². The van der Waals surface area contributed by atoms with E-state index in [2.05, 4.69) is 0 Å². The smallest absolute Gasteiger partial charge is 0.338 e. The first-order valence-electron chi connectivity index (χ1n) is 7.50. The van der Waals surface area contributed by atoms with Gasteiger partial charge in [0.2, 0.25) is 0 Å². The Labute approximate surface area is 148 Å². The minimum atomic E-state index is -0.597. The highest BCUT2D eigenvalue weighted by molar-refractivity contribution is 6.32. The van der Waals surface area contributed by atoms with E-state index in [9.17, 15) is 14.4 Å². The zero-order chi connectivity index (χ0) is 18.0. The number of rotatable bonds is 5. The zero-order valence-electron chi connectivity index (χ0n) is 13.3. The van der Waals surface area contributed by atoms with Gasteiger partial charge in [0.25, 0.3) is 11.8 Å². The van der Waals surface area contributed by atoms with Gasteiger partial charge in [0.05, 0.1) is 21.7 Å². The summed E-state index contributed by atoms with van der Waals surface area (Å²) in [5, 5.41) is 0.472. The van der Waals surface area contributed by atoms with Gasteiger partial charge in [0.1, 0.15) is 19.0 Å². The third-order valence-electron chi connectivity index (χ3n) is 3.74. The molecule has 128 valence electrons. The van der Waals surface area contributed by atoms with Crippen LogP contribution in [-0.2, 0) is 4.74 Å². The summed E-state index contributed by atoms with van der Waals surface area (Å²) in [5.41, 5.74) is 0.688. The molecule has 2 aromatic rings. The van der Waals surface area contributed by atoms with E-state index < -0.39 is 11.9 Å². The van der Waals surface area contributed by atoms with Crippen LogP contribution >= 0.6 is 11.6 Å². The van der Waals surface area contributed by atoms with Crippen molar-refractivity contribution in [3.8, 4) is 5.75 Å². The summed E-state index contributed by atoms with van der Waals surface area (Å²) < 4.78 is 10.5. The number of amides is 2. The number of hydrogen-bond acceptors (Lipinski definition) is 5. The van der Waals surface area contributed by atoms with Crippen molar-refractivity contribution in [3.05, 3.63) is 64.2 Å². The van der Waals surface area contributed by atoms with E-state index in [1.54, 1.807) is 24.3 Å². The summed E-state index contributed by atoms with van der Waals surface area (Å²) in [6.45, 7) is 0.161. The number of carbonyl (C=O) groups is 3. The molecule has 0 radical (unpaired) electrons. The van der Waals surface area contributed by atoms with Crippen LogP contribution in [0.3, 0.4) is 0 Å². The van der Waals surface area contributed by atoms with Gasteiger partial charge in [0, 0.05) is 7.05 Å². The maximum Gasteiger partial charge on any atom is 0.338 e. The molecule has 0 aliphatic carbocycles. The first kappa shape index (κ1) is 17.0. The van der Waals surface area contributed by atoms with Crippen LogP contribution in [0.15, 0.2) is 42.5 Å². The van der Waals surface area contributed by atoms with Gasteiger partial charge in [-0.25, -0.2) is 4.79 Å². The van der Waals surface area contributed by atoms with E-state index in [-0.39, 0.29) is 35.8 Å². The van der Waals surface area contributed by atoms with Gasteiger partial charge in [-0.1, -0.05) is 23.7 Å². The molecule has 0 saturated carbocycles. The maximum atomic E-state index is 12.1. The predicted octanol–water partition coefficient (Wildman–Crippen LogP) is 2.80. The normalized spacial score (nSPS) is 13.0. The standard InChI is InChI=1S/C18H14ClNO5/c1-20-16(21)12-7-6-11(10-13(12)17(20)22)18(23)25-9-8-24-15-5-3-2-4-14(15)19/h2-7,10H,8-9H2,1H3. The van der Waals surface area contributed by atoms with Crippen LogP contribution in [0, 0.1) is 0 Å². The topological polar surface area (TPSA) is 72.9 Å². The van der Waals surface area contributed by atoms with E-state index >= 15 is 0 Å². The van der Waals surface area contributed by atoms with Gasteiger partial charge in [-0.3, -0.25) is 14.5 Å². The Bertz CT molecular complexity index is 864. The molecule has 7 heteroatoms. The Morgan fingerprint density at radius 3 is 2.52 bits per heavy atom. The second-order valence-electron chi connectivity index (χ2n) is 5.34. The lowest BCUT2D eigenvalue weighted by atomic mass is 10.1. The molecular formula is C18H14ClNO5. The first-order valence-corrected chi connectivity index (χ1v) is 7.87. The van der Waals surface area contributed by atoms with E-state index in [1.807, 2.05) is 0 Å². The van der Waals surface area contributed by atoms with Crippen LogP contribution < -0.4 is 4.74 Å². The Morgan fingerprint density at radius 2 is 1.76 bits per heavy atom. The van der Waals surface area contributed by atoms with Crippen molar-refractivity contribution in [1.82, 2.24) is 4.90 Å². The average Bonchev–Trinajstić information content (AvgIpc) is 2.84. The number of imide groups is 1. The summed E-state index contributed by atoms with van der Waals surface area (Å²) in [7, 11) is 1.40. The summed E-state index contributed by atoms with van der Waals surface area (Å²) in [4.78, 5) is 36.9. The number of benzene rings is 2.